The summed E-state index contributed by atoms with van der Waals surface area (Å²) in [5.41, 5.74) is 6.93. The Morgan fingerprint density at radius 1 is 0.438 bits per heavy atom. The number of rotatable bonds is 6. The van der Waals surface area contributed by atoms with Crippen molar-refractivity contribution < 1.29 is 0 Å². The Morgan fingerprint density at radius 3 is 1.03 bits per heavy atom. The number of benzene rings is 4. The number of hydrazine groups is 1. The first-order valence-corrected chi connectivity index (χ1v) is 11.2. The third-order valence-corrected chi connectivity index (χ3v) is 6.73. The van der Waals surface area contributed by atoms with E-state index >= 15 is 0 Å². The summed E-state index contributed by atoms with van der Waals surface area (Å²) in [7, 11) is 0. The van der Waals surface area contributed by atoms with E-state index in [0.29, 0.717) is 0 Å². The molecule has 4 aromatic carbocycles. The predicted octanol–water partition coefficient (Wildman–Crippen LogP) is 7.35. The molecule has 0 aliphatic carbocycles. The van der Waals surface area contributed by atoms with Gasteiger partial charge in [0.15, 0.2) is 0 Å². The molecule has 0 fully saturated rings. The number of nitrogens with two attached hydrogens (primary N) is 1. The van der Waals surface area contributed by atoms with Crippen LogP contribution in [0.1, 0.15) is 49.9 Å². The van der Waals surface area contributed by atoms with Gasteiger partial charge in [0.1, 0.15) is 0 Å². The van der Waals surface area contributed by atoms with Gasteiger partial charge in [0, 0.05) is 10.8 Å². The smallest absolute Gasteiger partial charge is 0.0575 e. The van der Waals surface area contributed by atoms with Crippen molar-refractivity contribution >= 4 is 11.4 Å². The monoisotopic (exact) mass is 420 g/mol. The van der Waals surface area contributed by atoms with Crippen LogP contribution in [0.15, 0.2) is 109 Å². The molecule has 0 aliphatic rings. The molecular formula is C30H32N2. The van der Waals surface area contributed by atoms with E-state index in [4.69, 9.17) is 5.84 Å². The lowest BCUT2D eigenvalue weighted by molar-refractivity contribution is 0.640. The van der Waals surface area contributed by atoms with Gasteiger partial charge in [0.2, 0.25) is 0 Å². The fraction of sp³-hybridized carbons (Fsp3) is 0.200. The van der Waals surface area contributed by atoms with Gasteiger partial charge < -0.3 is 0 Å². The van der Waals surface area contributed by atoms with Crippen LogP contribution in [0.5, 0.6) is 0 Å². The molecule has 4 aromatic rings. The lowest BCUT2D eigenvalue weighted by Crippen LogP contribution is -2.26. The van der Waals surface area contributed by atoms with Crippen molar-refractivity contribution in [2.75, 3.05) is 5.01 Å². The Morgan fingerprint density at radius 2 is 0.719 bits per heavy atom. The normalized spacial score (nSPS) is 11.9. The fourth-order valence-electron chi connectivity index (χ4n) is 4.27. The molecule has 0 unspecified atom stereocenters. The second-order valence-electron chi connectivity index (χ2n) is 9.45. The SMILES string of the molecule is CC(C)(c1ccccc1)c1ccc(N(N)c2ccc(C(C)(C)c3ccccc3)cc2)cc1. The summed E-state index contributed by atoms with van der Waals surface area (Å²) in [5, 5.41) is 1.75. The summed E-state index contributed by atoms with van der Waals surface area (Å²) in [4.78, 5) is 0. The molecule has 0 aliphatic heterocycles. The highest BCUT2D eigenvalue weighted by molar-refractivity contribution is 5.63. The molecule has 0 radical (unpaired) electrons. The molecule has 4 rings (SSSR count). The van der Waals surface area contributed by atoms with E-state index in [1.54, 1.807) is 5.01 Å². The van der Waals surface area contributed by atoms with Gasteiger partial charge >= 0.3 is 0 Å². The molecule has 0 bridgehead atoms. The van der Waals surface area contributed by atoms with Crippen molar-refractivity contribution in [3.8, 4) is 0 Å². The largest absolute Gasteiger partial charge is 0.280 e. The molecule has 2 heteroatoms. The summed E-state index contributed by atoms with van der Waals surface area (Å²) in [6, 6.07) is 38.3. The molecule has 2 nitrogen and oxygen atoms in total. The lowest BCUT2D eigenvalue weighted by Gasteiger charge is -2.28. The van der Waals surface area contributed by atoms with Crippen LogP contribution in [0, 0.1) is 0 Å². The Balaban J connectivity index is 1.54. The Bertz CT molecular complexity index is 1050. The molecule has 162 valence electrons. The summed E-state index contributed by atoms with van der Waals surface area (Å²) in [6.45, 7) is 9.02. The molecule has 0 atom stereocenters. The standard InChI is InChI=1S/C30H32N2/c1-29(2,23-11-7-5-8-12-23)25-15-19-27(20-16-25)32(31)28-21-17-26(18-22-28)30(3,4)24-13-9-6-10-14-24/h5-22H,31H2,1-4H3. The quantitative estimate of drug-likeness (QED) is 0.261. The van der Waals surface area contributed by atoms with Gasteiger partial charge in [-0.05, 0) is 46.5 Å². The summed E-state index contributed by atoms with van der Waals surface area (Å²) in [6.07, 6.45) is 0. The number of nitrogens with zero attached hydrogens (tertiary/aromatic N) is 1. The van der Waals surface area contributed by atoms with Crippen LogP contribution in [0.3, 0.4) is 0 Å². The molecule has 0 saturated carbocycles. The van der Waals surface area contributed by atoms with Gasteiger partial charge in [0.25, 0.3) is 0 Å². The number of hydrogen-bond acceptors (Lipinski definition) is 2. The van der Waals surface area contributed by atoms with E-state index in [1.807, 2.05) is 0 Å². The zero-order valence-corrected chi connectivity index (χ0v) is 19.4. The van der Waals surface area contributed by atoms with Crippen LogP contribution in [-0.2, 0) is 10.8 Å². The van der Waals surface area contributed by atoms with E-state index in [1.165, 1.54) is 22.3 Å². The van der Waals surface area contributed by atoms with Crippen molar-refractivity contribution in [1.82, 2.24) is 0 Å². The number of hydrogen-bond donors (Lipinski definition) is 1. The summed E-state index contributed by atoms with van der Waals surface area (Å²) < 4.78 is 0. The van der Waals surface area contributed by atoms with Crippen LogP contribution in [0.25, 0.3) is 0 Å². The minimum Gasteiger partial charge on any atom is -0.280 e. The second kappa shape index (κ2) is 8.64. The van der Waals surface area contributed by atoms with Crippen LogP contribution < -0.4 is 10.9 Å². The zero-order chi connectivity index (χ0) is 22.8. The molecule has 0 saturated heterocycles. The van der Waals surface area contributed by atoms with E-state index in [0.717, 1.165) is 11.4 Å². The third-order valence-electron chi connectivity index (χ3n) is 6.73. The van der Waals surface area contributed by atoms with Gasteiger partial charge in [-0.15, -0.1) is 0 Å². The summed E-state index contributed by atoms with van der Waals surface area (Å²) in [5.74, 6) is 6.49. The maximum absolute atomic E-state index is 6.49. The first-order valence-electron chi connectivity index (χ1n) is 11.2. The van der Waals surface area contributed by atoms with E-state index < -0.39 is 0 Å². The van der Waals surface area contributed by atoms with Crippen molar-refractivity contribution in [3.05, 3.63) is 131 Å². The molecular weight excluding hydrogens is 388 g/mol. The minimum absolute atomic E-state index is 0.0656. The Kier molecular flexibility index (Phi) is 5.90. The third kappa shape index (κ3) is 4.19. The molecule has 0 heterocycles. The molecule has 2 N–H and O–H groups in total. The van der Waals surface area contributed by atoms with Gasteiger partial charge in [-0.3, -0.25) is 5.01 Å². The molecule has 32 heavy (non-hydrogen) atoms. The van der Waals surface area contributed by atoms with Crippen LogP contribution in [0.4, 0.5) is 11.4 Å². The van der Waals surface area contributed by atoms with Gasteiger partial charge in [0.05, 0.1) is 11.4 Å². The average Bonchev–Trinajstić information content (AvgIpc) is 2.85. The van der Waals surface area contributed by atoms with E-state index in [2.05, 4.69) is 137 Å². The van der Waals surface area contributed by atoms with Crippen molar-refractivity contribution in [3.63, 3.8) is 0 Å². The van der Waals surface area contributed by atoms with E-state index in [9.17, 15) is 0 Å². The van der Waals surface area contributed by atoms with Crippen molar-refractivity contribution in [1.29, 1.82) is 0 Å². The molecule has 0 spiro atoms. The predicted molar refractivity (Wildman–Crippen MR) is 136 cm³/mol. The van der Waals surface area contributed by atoms with E-state index in [-0.39, 0.29) is 10.8 Å². The minimum atomic E-state index is -0.0656. The van der Waals surface area contributed by atoms with Gasteiger partial charge in [-0.2, -0.15) is 0 Å². The fourth-order valence-corrected chi connectivity index (χ4v) is 4.27. The van der Waals surface area contributed by atoms with Crippen LogP contribution >= 0.6 is 0 Å². The molecule has 0 amide bonds. The van der Waals surface area contributed by atoms with Gasteiger partial charge in [-0.25, -0.2) is 5.84 Å². The van der Waals surface area contributed by atoms with Crippen molar-refractivity contribution in [2.24, 2.45) is 5.84 Å². The maximum atomic E-state index is 6.49. The lowest BCUT2D eigenvalue weighted by atomic mass is 9.78. The highest BCUT2D eigenvalue weighted by Crippen LogP contribution is 2.35. The second-order valence-corrected chi connectivity index (χ2v) is 9.45. The Hall–Kier alpha value is -3.36. The first-order chi connectivity index (χ1) is 15.3. The highest BCUT2D eigenvalue weighted by Gasteiger charge is 2.24. The number of anilines is 2. The maximum Gasteiger partial charge on any atom is 0.0575 e. The topological polar surface area (TPSA) is 29.3 Å². The Labute approximate surface area is 192 Å². The van der Waals surface area contributed by atoms with Gasteiger partial charge in [-0.1, -0.05) is 113 Å². The van der Waals surface area contributed by atoms with Crippen LogP contribution in [0.2, 0.25) is 0 Å². The summed E-state index contributed by atoms with van der Waals surface area (Å²) >= 11 is 0. The van der Waals surface area contributed by atoms with Crippen molar-refractivity contribution in [2.45, 2.75) is 38.5 Å². The molecule has 0 aromatic heterocycles. The van der Waals surface area contributed by atoms with Crippen LogP contribution in [-0.4, -0.2) is 0 Å². The average molecular weight is 421 g/mol. The highest BCUT2D eigenvalue weighted by atomic mass is 15.4. The first kappa shape index (κ1) is 21.9. The zero-order valence-electron chi connectivity index (χ0n) is 19.4.